The van der Waals surface area contributed by atoms with Gasteiger partial charge in [-0.05, 0) is 25.7 Å². The van der Waals surface area contributed by atoms with E-state index in [0.29, 0.717) is 5.92 Å². The summed E-state index contributed by atoms with van der Waals surface area (Å²) in [5.74, 6) is 0.897. The van der Waals surface area contributed by atoms with E-state index < -0.39 is 5.79 Å². The second kappa shape index (κ2) is 3.56. The second-order valence-corrected chi connectivity index (χ2v) is 4.44. The molecule has 0 bridgehead atoms. The predicted molar refractivity (Wildman–Crippen MR) is 47.6 cm³/mol. The van der Waals surface area contributed by atoms with Gasteiger partial charge in [0.1, 0.15) is 0 Å². The lowest BCUT2D eigenvalue weighted by atomic mass is 9.79. The molecule has 1 atom stereocenters. The Morgan fingerprint density at radius 2 is 1.85 bits per heavy atom. The molecule has 0 aromatic heterocycles. The highest BCUT2D eigenvalue weighted by Crippen LogP contribution is 2.39. The SMILES string of the molecule is CC1CCC(C2(C)OCOO2)CC1. The topological polar surface area (TPSA) is 27.7 Å². The number of hydrogen-bond donors (Lipinski definition) is 0. The molecule has 0 radical (unpaired) electrons. The Hall–Kier alpha value is -0.120. The van der Waals surface area contributed by atoms with Gasteiger partial charge in [0.2, 0.25) is 5.79 Å². The summed E-state index contributed by atoms with van der Waals surface area (Å²) >= 11 is 0. The van der Waals surface area contributed by atoms with Crippen LogP contribution in [0.4, 0.5) is 0 Å². The van der Waals surface area contributed by atoms with Crippen molar-refractivity contribution in [2.75, 3.05) is 6.79 Å². The third-order valence-electron chi connectivity index (χ3n) is 3.38. The summed E-state index contributed by atoms with van der Waals surface area (Å²) in [5, 5.41) is 0. The van der Waals surface area contributed by atoms with Crippen molar-refractivity contribution in [2.45, 2.75) is 45.3 Å². The zero-order chi connectivity index (χ0) is 9.31. The van der Waals surface area contributed by atoms with E-state index in [1.807, 2.05) is 6.92 Å². The quantitative estimate of drug-likeness (QED) is 0.589. The molecule has 0 aromatic carbocycles. The van der Waals surface area contributed by atoms with Crippen molar-refractivity contribution >= 4 is 0 Å². The Kier molecular flexibility index (Phi) is 2.58. The molecule has 13 heavy (non-hydrogen) atoms. The molecule has 1 heterocycles. The Morgan fingerprint density at radius 3 is 2.38 bits per heavy atom. The van der Waals surface area contributed by atoms with Crippen LogP contribution in [0, 0.1) is 11.8 Å². The number of rotatable bonds is 1. The van der Waals surface area contributed by atoms with Gasteiger partial charge in [0.25, 0.3) is 0 Å². The summed E-state index contributed by atoms with van der Waals surface area (Å²) < 4.78 is 5.47. The van der Waals surface area contributed by atoms with E-state index in [1.54, 1.807) is 0 Å². The molecule has 0 amide bonds. The minimum absolute atomic E-state index is 0.280. The van der Waals surface area contributed by atoms with E-state index >= 15 is 0 Å². The van der Waals surface area contributed by atoms with Crippen LogP contribution in [0.3, 0.4) is 0 Å². The zero-order valence-corrected chi connectivity index (χ0v) is 8.41. The van der Waals surface area contributed by atoms with Crippen molar-refractivity contribution in [3.63, 3.8) is 0 Å². The van der Waals surface area contributed by atoms with Gasteiger partial charge in [0.15, 0.2) is 6.79 Å². The maximum atomic E-state index is 5.47. The first-order valence-corrected chi connectivity index (χ1v) is 5.15. The van der Waals surface area contributed by atoms with Crippen LogP contribution in [-0.4, -0.2) is 12.6 Å². The summed E-state index contributed by atoms with van der Waals surface area (Å²) in [5.41, 5.74) is 0. The molecule has 1 saturated carbocycles. The van der Waals surface area contributed by atoms with E-state index in [0.717, 1.165) is 5.92 Å². The van der Waals surface area contributed by atoms with E-state index in [9.17, 15) is 0 Å². The second-order valence-electron chi connectivity index (χ2n) is 4.44. The monoisotopic (exact) mass is 186 g/mol. The van der Waals surface area contributed by atoms with Gasteiger partial charge in [0.05, 0.1) is 0 Å². The summed E-state index contributed by atoms with van der Waals surface area (Å²) in [4.78, 5) is 10.0. The first kappa shape index (κ1) is 9.44. The molecule has 2 fully saturated rings. The molecular weight excluding hydrogens is 168 g/mol. The van der Waals surface area contributed by atoms with Crippen LogP contribution in [0.15, 0.2) is 0 Å². The lowest BCUT2D eigenvalue weighted by Gasteiger charge is -2.34. The molecule has 1 saturated heterocycles. The van der Waals surface area contributed by atoms with Crippen LogP contribution >= 0.6 is 0 Å². The maximum absolute atomic E-state index is 5.47. The van der Waals surface area contributed by atoms with Crippen LogP contribution < -0.4 is 0 Å². The van der Waals surface area contributed by atoms with Gasteiger partial charge in [-0.25, -0.2) is 4.89 Å². The molecule has 0 aromatic rings. The van der Waals surface area contributed by atoms with Gasteiger partial charge in [-0.15, -0.1) is 0 Å². The largest absolute Gasteiger partial charge is 0.318 e. The highest BCUT2D eigenvalue weighted by atomic mass is 17.3. The molecule has 1 unspecified atom stereocenters. The van der Waals surface area contributed by atoms with Crippen LogP contribution in [0.2, 0.25) is 0 Å². The van der Waals surface area contributed by atoms with Crippen LogP contribution in [0.1, 0.15) is 39.5 Å². The van der Waals surface area contributed by atoms with E-state index in [1.165, 1.54) is 25.7 Å². The smallest absolute Gasteiger partial charge is 0.204 e. The fraction of sp³-hybridized carbons (Fsp3) is 1.00. The van der Waals surface area contributed by atoms with Crippen LogP contribution in [0.5, 0.6) is 0 Å². The van der Waals surface area contributed by atoms with Crippen LogP contribution in [-0.2, 0) is 14.5 Å². The molecule has 2 rings (SSSR count). The lowest BCUT2D eigenvalue weighted by molar-refractivity contribution is -0.333. The molecule has 76 valence electrons. The fourth-order valence-electron chi connectivity index (χ4n) is 2.28. The average Bonchev–Trinajstić information content (AvgIpc) is 2.54. The standard InChI is InChI=1S/C10H18O3/c1-8-3-5-9(6-4-8)10(2)11-7-12-13-10/h8-9H,3-7H2,1-2H3. The first-order valence-electron chi connectivity index (χ1n) is 5.15. The summed E-state index contributed by atoms with van der Waals surface area (Å²) in [6.07, 6.45) is 4.96. The Bertz CT molecular complexity index is 167. The third-order valence-corrected chi connectivity index (χ3v) is 3.38. The maximum Gasteiger partial charge on any atom is 0.204 e. The van der Waals surface area contributed by atoms with Crippen molar-refractivity contribution in [3.8, 4) is 0 Å². The van der Waals surface area contributed by atoms with Gasteiger partial charge in [-0.2, -0.15) is 4.89 Å². The summed E-state index contributed by atoms with van der Waals surface area (Å²) in [6, 6.07) is 0. The molecular formula is C10H18O3. The predicted octanol–water partition coefficient (Wildman–Crippen LogP) is 2.46. The van der Waals surface area contributed by atoms with Gasteiger partial charge in [-0.1, -0.05) is 19.8 Å². The highest BCUT2D eigenvalue weighted by molar-refractivity contribution is 4.80. The number of ether oxygens (including phenoxy) is 1. The van der Waals surface area contributed by atoms with Crippen molar-refractivity contribution in [1.29, 1.82) is 0 Å². The summed E-state index contributed by atoms with van der Waals surface area (Å²) in [7, 11) is 0. The van der Waals surface area contributed by atoms with E-state index in [-0.39, 0.29) is 6.79 Å². The van der Waals surface area contributed by atoms with Crippen molar-refractivity contribution in [2.24, 2.45) is 11.8 Å². The van der Waals surface area contributed by atoms with Gasteiger partial charge in [-0.3, -0.25) is 0 Å². The fourth-order valence-corrected chi connectivity index (χ4v) is 2.28. The zero-order valence-electron chi connectivity index (χ0n) is 8.41. The minimum Gasteiger partial charge on any atom is -0.318 e. The first-order chi connectivity index (χ1) is 6.21. The molecule has 1 aliphatic carbocycles. The highest BCUT2D eigenvalue weighted by Gasteiger charge is 2.42. The molecule has 1 aliphatic heterocycles. The van der Waals surface area contributed by atoms with Crippen molar-refractivity contribution < 1.29 is 14.5 Å². The van der Waals surface area contributed by atoms with E-state index in [4.69, 9.17) is 14.5 Å². The van der Waals surface area contributed by atoms with E-state index in [2.05, 4.69) is 6.92 Å². The van der Waals surface area contributed by atoms with Gasteiger partial charge < -0.3 is 4.74 Å². The Balaban J connectivity index is 1.93. The molecule has 3 nitrogen and oxygen atoms in total. The molecule has 0 spiro atoms. The van der Waals surface area contributed by atoms with Crippen molar-refractivity contribution in [3.05, 3.63) is 0 Å². The normalized spacial score (nSPS) is 46.6. The number of hydrogen-bond acceptors (Lipinski definition) is 3. The Labute approximate surface area is 79.3 Å². The molecule has 3 heteroatoms. The van der Waals surface area contributed by atoms with Crippen LogP contribution in [0.25, 0.3) is 0 Å². The minimum atomic E-state index is -0.472. The summed E-state index contributed by atoms with van der Waals surface area (Å²) in [6.45, 7) is 4.58. The van der Waals surface area contributed by atoms with Gasteiger partial charge >= 0.3 is 0 Å². The Morgan fingerprint density at radius 1 is 1.15 bits per heavy atom. The lowest BCUT2D eigenvalue weighted by Crippen LogP contribution is -2.37. The average molecular weight is 186 g/mol. The molecule has 0 N–H and O–H groups in total. The third kappa shape index (κ3) is 1.87. The van der Waals surface area contributed by atoms with Crippen molar-refractivity contribution in [1.82, 2.24) is 0 Å². The van der Waals surface area contributed by atoms with Gasteiger partial charge in [0, 0.05) is 5.92 Å². The molecule has 2 aliphatic rings.